The first-order valence-electron chi connectivity index (χ1n) is 11.7. The normalized spacial score (nSPS) is 17.4. The Kier molecular flexibility index (Phi) is 10.7. The van der Waals surface area contributed by atoms with Gasteiger partial charge in [-0.1, -0.05) is 30.3 Å². The summed E-state index contributed by atoms with van der Waals surface area (Å²) in [6.45, 7) is 5.90. The summed E-state index contributed by atoms with van der Waals surface area (Å²) in [5, 5.41) is 6.87. The first-order valence-corrected chi connectivity index (χ1v) is 11.7. The third kappa shape index (κ3) is 7.82. The molecule has 2 fully saturated rings. The highest BCUT2D eigenvalue weighted by molar-refractivity contribution is 14.0. The van der Waals surface area contributed by atoms with E-state index in [1.165, 1.54) is 24.0 Å². The topological polar surface area (TPSA) is 71.0 Å². The molecule has 33 heavy (non-hydrogen) atoms. The van der Waals surface area contributed by atoms with Crippen molar-refractivity contribution in [2.75, 3.05) is 33.4 Å². The lowest BCUT2D eigenvalue weighted by molar-refractivity contribution is 0.0341. The van der Waals surface area contributed by atoms with Gasteiger partial charge in [-0.05, 0) is 42.9 Å². The molecule has 1 aliphatic carbocycles. The Morgan fingerprint density at radius 1 is 1.03 bits per heavy atom. The number of aromatic nitrogens is 1. The van der Waals surface area contributed by atoms with Crippen molar-refractivity contribution < 1.29 is 9.47 Å². The largest absolute Gasteiger partial charge is 0.474 e. The van der Waals surface area contributed by atoms with E-state index in [4.69, 9.17) is 9.47 Å². The molecule has 7 nitrogen and oxygen atoms in total. The van der Waals surface area contributed by atoms with Crippen LogP contribution in [0.15, 0.2) is 47.6 Å². The Hall–Kier alpha value is -1.91. The van der Waals surface area contributed by atoms with Gasteiger partial charge in [0, 0.05) is 51.5 Å². The number of pyridine rings is 1. The van der Waals surface area contributed by atoms with E-state index < -0.39 is 0 Å². The molecule has 2 heterocycles. The summed E-state index contributed by atoms with van der Waals surface area (Å²) in [7, 11) is 1.80. The predicted octanol–water partition coefficient (Wildman–Crippen LogP) is 3.72. The summed E-state index contributed by atoms with van der Waals surface area (Å²) in [6.07, 6.45) is 6.83. The minimum Gasteiger partial charge on any atom is -0.474 e. The van der Waals surface area contributed by atoms with Crippen LogP contribution in [0.25, 0.3) is 0 Å². The predicted molar refractivity (Wildman–Crippen MR) is 142 cm³/mol. The van der Waals surface area contributed by atoms with Gasteiger partial charge in [0.05, 0.1) is 13.2 Å². The second-order valence-corrected chi connectivity index (χ2v) is 8.43. The average Bonchev–Trinajstić information content (AvgIpc) is 3.35. The third-order valence-corrected chi connectivity index (χ3v) is 6.16. The molecule has 8 heteroatoms. The van der Waals surface area contributed by atoms with Gasteiger partial charge in [0.15, 0.2) is 5.96 Å². The van der Waals surface area contributed by atoms with Crippen molar-refractivity contribution in [3.8, 4) is 5.88 Å². The number of nitrogens with zero attached hydrogens (tertiary/aromatic N) is 3. The number of hydrogen-bond donors (Lipinski definition) is 2. The summed E-state index contributed by atoms with van der Waals surface area (Å²) in [4.78, 5) is 11.3. The average molecular weight is 566 g/mol. The molecule has 1 aliphatic heterocycles. The van der Waals surface area contributed by atoms with Gasteiger partial charge in [-0.15, -0.1) is 24.0 Å². The molecule has 180 valence electrons. The molecule has 1 saturated carbocycles. The van der Waals surface area contributed by atoms with Crippen LogP contribution in [0.4, 0.5) is 0 Å². The van der Waals surface area contributed by atoms with Crippen LogP contribution in [0, 0.1) is 0 Å². The van der Waals surface area contributed by atoms with E-state index in [-0.39, 0.29) is 24.0 Å². The lowest BCUT2D eigenvalue weighted by atomic mass is 10.1. The monoisotopic (exact) mass is 565 g/mol. The van der Waals surface area contributed by atoms with E-state index in [1.54, 1.807) is 13.2 Å². The number of ether oxygens (including phenoxy) is 2. The Morgan fingerprint density at radius 2 is 1.70 bits per heavy atom. The molecule has 2 aromatic rings. The maximum atomic E-state index is 6.16. The first-order chi connectivity index (χ1) is 15.8. The molecular weight excluding hydrogens is 529 g/mol. The van der Waals surface area contributed by atoms with Gasteiger partial charge in [0.1, 0.15) is 6.10 Å². The number of benzene rings is 1. The zero-order valence-electron chi connectivity index (χ0n) is 19.5. The second kappa shape index (κ2) is 13.7. The van der Waals surface area contributed by atoms with Gasteiger partial charge in [0.2, 0.25) is 5.88 Å². The molecule has 1 saturated heterocycles. The lowest BCUT2D eigenvalue weighted by Gasteiger charge is -2.27. The maximum Gasteiger partial charge on any atom is 0.218 e. The molecule has 0 amide bonds. The summed E-state index contributed by atoms with van der Waals surface area (Å²) in [5.74, 6) is 1.50. The number of nitrogens with one attached hydrogen (secondary N) is 2. The van der Waals surface area contributed by atoms with E-state index in [2.05, 4.69) is 55.8 Å². The number of aliphatic imine (C=N–C) groups is 1. The van der Waals surface area contributed by atoms with Crippen LogP contribution in [0.5, 0.6) is 5.88 Å². The maximum absolute atomic E-state index is 6.16. The number of halogens is 1. The molecule has 4 rings (SSSR count). The molecule has 0 radical (unpaired) electrons. The van der Waals surface area contributed by atoms with E-state index >= 15 is 0 Å². The van der Waals surface area contributed by atoms with Crippen LogP contribution in [0.3, 0.4) is 0 Å². The molecule has 1 aromatic carbocycles. The van der Waals surface area contributed by atoms with Gasteiger partial charge in [-0.25, -0.2) is 4.98 Å². The molecular formula is C25H36IN5O2. The van der Waals surface area contributed by atoms with Gasteiger partial charge < -0.3 is 20.1 Å². The molecule has 2 aliphatic rings. The molecule has 0 unspecified atom stereocenters. The fraction of sp³-hybridized carbons (Fsp3) is 0.520. The van der Waals surface area contributed by atoms with Crippen molar-refractivity contribution in [3.63, 3.8) is 0 Å². The minimum atomic E-state index is 0. The van der Waals surface area contributed by atoms with Crippen LogP contribution in [-0.2, 0) is 24.4 Å². The summed E-state index contributed by atoms with van der Waals surface area (Å²) in [6, 6.07) is 12.6. The quantitative estimate of drug-likeness (QED) is 0.289. The molecule has 1 aromatic heterocycles. The van der Waals surface area contributed by atoms with E-state index in [0.717, 1.165) is 69.6 Å². The molecule has 0 atom stereocenters. The van der Waals surface area contributed by atoms with Crippen molar-refractivity contribution in [3.05, 3.63) is 59.3 Å². The highest BCUT2D eigenvalue weighted by Gasteiger charge is 2.18. The summed E-state index contributed by atoms with van der Waals surface area (Å²) < 4.78 is 11.6. The van der Waals surface area contributed by atoms with Crippen LogP contribution in [-0.4, -0.2) is 55.3 Å². The highest BCUT2D eigenvalue weighted by atomic mass is 127. The number of rotatable bonds is 8. The molecule has 0 bridgehead atoms. The zero-order valence-corrected chi connectivity index (χ0v) is 21.8. The van der Waals surface area contributed by atoms with Gasteiger partial charge >= 0.3 is 0 Å². The van der Waals surface area contributed by atoms with Crippen LogP contribution < -0.4 is 15.4 Å². The zero-order chi connectivity index (χ0) is 22.0. The Bertz CT molecular complexity index is 883. The van der Waals surface area contributed by atoms with Gasteiger partial charge in [-0.2, -0.15) is 0 Å². The number of morpholine rings is 1. The second-order valence-electron chi connectivity index (χ2n) is 8.43. The fourth-order valence-corrected chi connectivity index (χ4v) is 4.29. The van der Waals surface area contributed by atoms with Crippen molar-refractivity contribution in [2.24, 2.45) is 4.99 Å². The van der Waals surface area contributed by atoms with Crippen LogP contribution in [0.1, 0.15) is 42.4 Å². The Labute approximate surface area is 214 Å². The summed E-state index contributed by atoms with van der Waals surface area (Å²) >= 11 is 0. The lowest BCUT2D eigenvalue weighted by Crippen LogP contribution is -2.37. The number of hydrogen-bond acceptors (Lipinski definition) is 5. The van der Waals surface area contributed by atoms with E-state index in [9.17, 15) is 0 Å². The Balaban J connectivity index is 0.00000306. The Morgan fingerprint density at radius 3 is 2.42 bits per heavy atom. The molecule has 2 N–H and O–H groups in total. The van der Waals surface area contributed by atoms with Crippen molar-refractivity contribution in [2.45, 2.75) is 51.4 Å². The smallest absolute Gasteiger partial charge is 0.218 e. The van der Waals surface area contributed by atoms with Crippen molar-refractivity contribution >= 4 is 29.9 Å². The fourth-order valence-electron chi connectivity index (χ4n) is 4.29. The van der Waals surface area contributed by atoms with Crippen molar-refractivity contribution in [1.82, 2.24) is 20.5 Å². The highest BCUT2D eigenvalue weighted by Crippen LogP contribution is 2.25. The standard InChI is InChI=1S/C25H35N5O2.HI/c1-26-25(29-18-21-9-6-12-27-24(21)32-23-10-4-5-11-23)28-17-20-7-2-3-8-22(20)19-30-13-15-31-16-14-30;/h2-3,6-9,12,23H,4-5,10-11,13-19H2,1H3,(H2,26,28,29);1H. The van der Waals surface area contributed by atoms with Gasteiger partial charge in [-0.3, -0.25) is 9.89 Å². The first kappa shape index (κ1) is 25.7. The van der Waals surface area contributed by atoms with Gasteiger partial charge in [0.25, 0.3) is 0 Å². The van der Waals surface area contributed by atoms with E-state index in [0.29, 0.717) is 12.6 Å². The molecule has 0 spiro atoms. The van der Waals surface area contributed by atoms with Crippen LogP contribution in [0.2, 0.25) is 0 Å². The third-order valence-electron chi connectivity index (χ3n) is 6.16. The summed E-state index contributed by atoms with van der Waals surface area (Å²) in [5.41, 5.74) is 3.68. The van der Waals surface area contributed by atoms with Crippen molar-refractivity contribution in [1.29, 1.82) is 0 Å². The number of guanidine groups is 1. The van der Waals surface area contributed by atoms with E-state index in [1.807, 2.05) is 6.07 Å². The minimum absolute atomic E-state index is 0. The SMILES string of the molecule is CN=C(NCc1ccccc1CN1CCOCC1)NCc1cccnc1OC1CCCC1.I. The van der Waals surface area contributed by atoms with Crippen LogP contribution >= 0.6 is 24.0 Å².